The molecule has 122 valence electrons. The molecule has 2 aromatic rings. The van der Waals surface area contributed by atoms with Crippen molar-refractivity contribution in [3.63, 3.8) is 0 Å². The molecule has 2 rings (SSSR count). The Labute approximate surface area is 135 Å². The van der Waals surface area contributed by atoms with Crippen molar-refractivity contribution in [1.29, 1.82) is 0 Å². The molecule has 0 fully saturated rings. The number of ether oxygens (including phenoxy) is 1. The van der Waals surface area contributed by atoms with Gasteiger partial charge in [0.15, 0.2) is 0 Å². The van der Waals surface area contributed by atoms with Gasteiger partial charge in [-0.3, -0.25) is 9.59 Å². The van der Waals surface area contributed by atoms with Crippen LogP contribution in [0.3, 0.4) is 0 Å². The number of nitrogens with one attached hydrogen (secondary N) is 1. The van der Waals surface area contributed by atoms with Crippen LogP contribution in [0, 0.1) is 0 Å². The van der Waals surface area contributed by atoms with E-state index in [0.29, 0.717) is 6.61 Å². The van der Waals surface area contributed by atoms with Crippen molar-refractivity contribution >= 4 is 22.6 Å². The third-order valence-corrected chi connectivity index (χ3v) is 3.66. The first-order valence-electron chi connectivity index (χ1n) is 7.63. The molecule has 5 nitrogen and oxygen atoms in total. The van der Waals surface area contributed by atoms with Gasteiger partial charge in [-0.1, -0.05) is 36.4 Å². The molecule has 2 N–H and O–H groups in total. The average molecular weight is 315 g/mol. The summed E-state index contributed by atoms with van der Waals surface area (Å²) in [5, 5.41) is 14.0. The average Bonchev–Trinajstić information content (AvgIpc) is 2.53. The zero-order chi connectivity index (χ0) is 16.8. The van der Waals surface area contributed by atoms with E-state index in [4.69, 9.17) is 9.84 Å². The number of hydrogen-bond donors (Lipinski definition) is 2. The fourth-order valence-electron chi connectivity index (χ4n) is 2.47. The van der Waals surface area contributed by atoms with Crippen molar-refractivity contribution in [3.8, 4) is 0 Å². The minimum Gasteiger partial charge on any atom is -0.481 e. The maximum atomic E-state index is 12.1. The van der Waals surface area contributed by atoms with Gasteiger partial charge in [-0.2, -0.15) is 0 Å². The fourth-order valence-corrected chi connectivity index (χ4v) is 2.47. The van der Waals surface area contributed by atoms with E-state index in [1.165, 1.54) is 0 Å². The van der Waals surface area contributed by atoms with Crippen molar-refractivity contribution in [2.75, 3.05) is 6.61 Å². The number of carboxylic acid groups (broad SMARTS) is 1. The van der Waals surface area contributed by atoms with Crippen LogP contribution in [0.1, 0.15) is 31.9 Å². The summed E-state index contributed by atoms with van der Waals surface area (Å²) in [7, 11) is 0. The second-order valence-corrected chi connectivity index (χ2v) is 5.36. The Morgan fingerprint density at radius 1 is 1.17 bits per heavy atom. The number of carbonyl (C=O) groups is 2. The van der Waals surface area contributed by atoms with Crippen LogP contribution in [-0.4, -0.2) is 29.7 Å². The molecule has 0 aliphatic carbocycles. The molecule has 1 amide bonds. The van der Waals surface area contributed by atoms with E-state index in [2.05, 4.69) is 5.32 Å². The number of carboxylic acids is 1. The summed E-state index contributed by atoms with van der Waals surface area (Å²) in [6.07, 6.45) is -0.792. The maximum Gasteiger partial charge on any atom is 0.305 e. The molecular weight excluding hydrogens is 294 g/mol. The first-order valence-corrected chi connectivity index (χ1v) is 7.63. The molecule has 0 saturated heterocycles. The van der Waals surface area contributed by atoms with E-state index in [0.717, 1.165) is 16.3 Å². The lowest BCUT2D eigenvalue weighted by Gasteiger charge is -2.20. The highest BCUT2D eigenvalue weighted by Crippen LogP contribution is 2.23. The molecule has 0 aliphatic rings. The fraction of sp³-hybridized carbons (Fsp3) is 0.333. The van der Waals surface area contributed by atoms with Crippen molar-refractivity contribution in [3.05, 3.63) is 48.0 Å². The number of amides is 1. The van der Waals surface area contributed by atoms with Gasteiger partial charge in [-0.15, -0.1) is 0 Å². The number of rotatable bonds is 7. The van der Waals surface area contributed by atoms with Crippen LogP contribution in [0.25, 0.3) is 10.8 Å². The van der Waals surface area contributed by atoms with Crippen molar-refractivity contribution < 1.29 is 19.4 Å². The van der Waals surface area contributed by atoms with E-state index in [1.54, 1.807) is 6.92 Å². The van der Waals surface area contributed by atoms with Gasteiger partial charge in [0.25, 0.3) is 0 Å². The van der Waals surface area contributed by atoms with E-state index in [9.17, 15) is 9.59 Å². The first kappa shape index (κ1) is 17.0. The molecular formula is C18H21NO4. The molecule has 1 unspecified atom stereocenters. The van der Waals surface area contributed by atoms with Crippen molar-refractivity contribution in [2.24, 2.45) is 0 Å². The van der Waals surface area contributed by atoms with Gasteiger partial charge in [0.2, 0.25) is 5.91 Å². The number of fused-ring (bicyclic) bond motifs is 1. The van der Waals surface area contributed by atoms with Gasteiger partial charge in [0.1, 0.15) is 6.10 Å². The summed E-state index contributed by atoms with van der Waals surface area (Å²) in [4.78, 5) is 23.3. The number of hydrogen-bond acceptors (Lipinski definition) is 3. The van der Waals surface area contributed by atoms with Crippen LogP contribution in [-0.2, 0) is 14.3 Å². The Kier molecular flexibility index (Phi) is 5.71. The van der Waals surface area contributed by atoms with Crippen LogP contribution in [0.4, 0.5) is 0 Å². The summed E-state index contributed by atoms with van der Waals surface area (Å²) in [6.45, 7) is 3.88. The summed E-state index contributed by atoms with van der Waals surface area (Å²) >= 11 is 0. The maximum absolute atomic E-state index is 12.1. The summed E-state index contributed by atoms with van der Waals surface area (Å²) in [5.41, 5.74) is 0.767. The van der Waals surface area contributed by atoms with Crippen LogP contribution < -0.4 is 5.32 Å². The normalized spacial score (nSPS) is 13.5. The molecule has 0 aliphatic heterocycles. The molecule has 2 atom stereocenters. The Hall–Kier alpha value is -2.40. The SMILES string of the molecule is CCOC(C)C(=O)N[C@@H](CC(=O)O)c1ccc2ccccc2c1. The lowest BCUT2D eigenvalue weighted by Crippen LogP contribution is -2.38. The minimum absolute atomic E-state index is 0.178. The highest BCUT2D eigenvalue weighted by Gasteiger charge is 2.21. The first-order chi connectivity index (χ1) is 11.0. The van der Waals surface area contributed by atoms with Crippen LogP contribution >= 0.6 is 0 Å². The van der Waals surface area contributed by atoms with Gasteiger partial charge in [-0.25, -0.2) is 0 Å². The van der Waals surface area contributed by atoms with E-state index < -0.39 is 18.1 Å². The molecule has 0 heterocycles. The standard InChI is InChI=1S/C18H21NO4/c1-3-23-12(2)18(22)19-16(11-17(20)21)15-9-8-13-6-4-5-7-14(13)10-15/h4-10,12,16H,3,11H2,1-2H3,(H,19,22)(H,20,21)/t12?,16-/m0/s1. The lowest BCUT2D eigenvalue weighted by molar-refractivity contribution is -0.138. The quantitative estimate of drug-likeness (QED) is 0.824. The summed E-state index contributed by atoms with van der Waals surface area (Å²) in [5.74, 6) is -1.28. The van der Waals surface area contributed by atoms with E-state index >= 15 is 0 Å². The zero-order valence-electron chi connectivity index (χ0n) is 13.3. The Morgan fingerprint density at radius 2 is 1.87 bits per heavy atom. The monoisotopic (exact) mass is 315 g/mol. The second kappa shape index (κ2) is 7.74. The molecule has 0 spiro atoms. The predicted octanol–water partition coefficient (Wildman–Crippen LogP) is 2.90. The number of aliphatic carboxylic acids is 1. The summed E-state index contributed by atoms with van der Waals surface area (Å²) < 4.78 is 5.26. The molecule has 2 aromatic carbocycles. The Balaban J connectivity index is 2.25. The highest BCUT2D eigenvalue weighted by atomic mass is 16.5. The lowest BCUT2D eigenvalue weighted by atomic mass is 9.99. The van der Waals surface area contributed by atoms with Crippen LogP contribution in [0.15, 0.2) is 42.5 Å². The third kappa shape index (κ3) is 4.53. The number of carbonyl (C=O) groups excluding carboxylic acids is 1. The van der Waals surface area contributed by atoms with Gasteiger partial charge >= 0.3 is 5.97 Å². The molecule has 0 radical (unpaired) electrons. The third-order valence-electron chi connectivity index (χ3n) is 3.66. The smallest absolute Gasteiger partial charge is 0.305 e. The highest BCUT2D eigenvalue weighted by molar-refractivity contribution is 5.84. The van der Waals surface area contributed by atoms with Gasteiger partial charge in [0, 0.05) is 6.61 Å². The van der Waals surface area contributed by atoms with Crippen molar-refractivity contribution in [1.82, 2.24) is 5.32 Å². The van der Waals surface area contributed by atoms with Gasteiger partial charge in [-0.05, 0) is 36.2 Å². The van der Waals surface area contributed by atoms with Crippen LogP contribution in [0.5, 0.6) is 0 Å². The second-order valence-electron chi connectivity index (χ2n) is 5.36. The Morgan fingerprint density at radius 3 is 2.52 bits per heavy atom. The van der Waals surface area contributed by atoms with Gasteiger partial charge < -0.3 is 15.2 Å². The molecule has 0 bridgehead atoms. The number of benzene rings is 2. The molecule has 23 heavy (non-hydrogen) atoms. The van der Waals surface area contributed by atoms with Crippen molar-refractivity contribution in [2.45, 2.75) is 32.4 Å². The molecule has 0 aromatic heterocycles. The van der Waals surface area contributed by atoms with E-state index in [1.807, 2.05) is 49.4 Å². The summed E-state index contributed by atoms with van der Waals surface area (Å²) in [6, 6.07) is 12.9. The predicted molar refractivity (Wildman–Crippen MR) is 88.2 cm³/mol. The largest absolute Gasteiger partial charge is 0.481 e. The molecule has 5 heteroatoms. The zero-order valence-corrected chi connectivity index (χ0v) is 13.3. The Bertz CT molecular complexity index is 698. The minimum atomic E-state index is -0.965. The van der Waals surface area contributed by atoms with E-state index in [-0.39, 0.29) is 12.3 Å². The van der Waals surface area contributed by atoms with Crippen LogP contribution in [0.2, 0.25) is 0 Å². The molecule has 0 saturated carbocycles. The van der Waals surface area contributed by atoms with Gasteiger partial charge in [0.05, 0.1) is 12.5 Å². The topological polar surface area (TPSA) is 75.6 Å².